The number of rotatable bonds is 5. The number of hydrogen-bond donors (Lipinski definition) is 1. The highest BCUT2D eigenvalue weighted by Gasteiger charge is 2.12. The van der Waals surface area contributed by atoms with Gasteiger partial charge >= 0.3 is 0 Å². The predicted molar refractivity (Wildman–Crippen MR) is 77.3 cm³/mol. The summed E-state index contributed by atoms with van der Waals surface area (Å²) in [6.45, 7) is 4.85. The van der Waals surface area contributed by atoms with Crippen LogP contribution in [0.5, 0.6) is 5.75 Å². The normalized spacial score (nSPS) is 12.7. The quantitative estimate of drug-likeness (QED) is 0.884. The van der Waals surface area contributed by atoms with Crippen molar-refractivity contribution in [1.82, 2.24) is 0 Å². The van der Waals surface area contributed by atoms with Crippen molar-refractivity contribution in [3.05, 3.63) is 52.2 Å². The molecule has 0 aliphatic heterocycles. The number of benzene rings is 1. The Morgan fingerprint density at radius 2 is 2.06 bits per heavy atom. The van der Waals surface area contributed by atoms with Crippen LogP contribution in [-0.2, 0) is 0 Å². The molecule has 0 fully saturated rings. The fourth-order valence-electron chi connectivity index (χ4n) is 1.82. The maximum atomic E-state index is 5.98. The summed E-state index contributed by atoms with van der Waals surface area (Å²) in [5, 5.41) is 4.13. The molecule has 0 bridgehead atoms. The maximum absolute atomic E-state index is 5.98. The maximum Gasteiger partial charge on any atom is 0.137 e. The highest BCUT2D eigenvalue weighted by Crippen LogP contribution is 2.25. The van der Waals surface area contributed by atoms with E-state index < -0.39 is 0 Å². The van der Waals surface area contributed by atoms with Gasteiger partial charge in [-0.25, -0.2) is 0 Å². The minimum absolute atomic E-state index is 0.0568. The van der Waals surface area contributed by atoms with Crippen molar-refractivity contribution < 1.29 is 4.74 Å². The summed E-state index contributed by atoms with van der Waals surface area (Å²) >= 11 is 1.67. The second-order valence-corrected chi connectivity index (χ2v) is 5.41. The van der Waals surface area contributed by atoms with Crippen LogP contribution in [0.15, 0.2) is 41.1 Å². The Morgan fingerprint density at radius 3 is 2.67 bits per heavy atom. The molecular weight excluding hydrogens is 242 g/mol. The van der Waals surface area contributed by atoms with E-state index in [1.165, 1.54) is 5.56 Å². The molecule has 1 aromatic heterocycles. The molecule has 2 N–H and O–H groups in total. The van der Waals surface area contributed by atoms with E-state index in [-0.39, 0.29) is 6.10 Å². The monoisotopic (exact) mass is 261 g/mol. The van der Waals surface area contributed by atoms with Gasteiger partial charge in [0.05, 0.1) is 0 Å². The Hall–Kier alpha value is -1.32. The lowest BCUT2D eigenvalue weighted by Gasteiger charge is -2.17. The Kier molecular flexibility index (Phi) is 4.39. The third-order valence-corrected chi connectivity index (χ3v) is 3.63. The van der Waals surface area contributed by atoms with Gasteiger partial charge in [0.25, 0.3) is 0 Å². The molecule has 0 radical (unpaired) electrons. The molecule has 1 heterocycles. The van der Waals surface area contributed by atoms with Gasteiger partial charge in [0.2, 0.25) is 0 Å². The first kappa shape index (κ1) is 13.1. The van der Waals surface area contributed by atoms with Gasteiger partial charge in [-0.05, 0) is 40.4 Å². The molecule has 96 valence electrons. The number of ether oxygens (including phenoxy) is 1. The third kappa shape index (κ3) is 3.12. The second-order valence-electron chi connectivity index (χ2n) is 4.63. The first-order chi connectivity index (χ1) is 8.70. The molecule has 0 saturated carbocycles. The molecule has 2 rings (SSSR count). The molecular formula is C15H19NOS. The van der Waals surface area contributed by atoms with E-state index in [0.29, 0.717) is 12.5 Å². The van der Waals surface area contributed by atoms with Gasteiger partial charge in [-0.15, -0.1) is 0 Å². The van der Waals surface area contributed by atoms with E-state index in [4.69, 9.17) is 10.5 Å². The zero-order chi connectivity index (χ0) is 13.0. The van der Waals surface area contributed by atoms with Crippen molar-refractivity contribution in [3.63, 3.8) is 0 Å². The highest BCUT2D eigenvalue weighted by molar-refractivity contribution is 7.07. The lowest BCUT2D eigenvalue weighted by Crippen LogP contribution is -2.17. The molecule has 1 atom stereocenters. The molecule has 0 spiro atoms. The summed E-state index contributed by atoms with van der Waals surface area (Å²) in [5.41, 5.74) is 8.23. The van der Waals surface area contributed by atoms with Gasteiger partial charge in [-0.3, -0.25) is 0 Å². The van der Waals surface area contributed by atoms with Crippen molar-refractivity contribution >= 4 is 11.3 Å². The molecule has 0 saturated heterocycles. The lowest BCUT2D eigenvalue weighted by molar-refractivity contribution is 0.214. The molecule has 18 heavy (non-hydrogen) atoms. The topological polar surface area (TPSA) is 35.2 Å². The minimum Gasteiger partial charge on any atom is -0.484 e. The molecule has 1 aromatic carbocycles. The Labute approximate surface area is 112 Å². The van der Waals surface area contributed by atoms with Crippen LogP contribution in [0, 0.1) is 0 Å². The van der Waals surface area contributed by atoms with Crippen LogP contribution >= 0.6 is 11.3 Å². The van der Waals surface area contributed by atoms with Gasteiger partial charge in [0.15, 0.2) is 0 Å². The van der Waals surface area contributed by atoms with E-state index in [1.54, 1.807) is 11.3 Å². The molecule has 0 amide bonds. The fourth-order valence-corrected chi connectivity index (χ4v) is 2.52. The van der Waals surface area contributed by atoms with E-state index in [1.807, 2.05) is 17.5 Å². The Morgan fingerprint density at radius 1 is 1.22 bits per heavy atom. The first-order valence-electron chi connectivity index (χ1n) is 6.19. The van der Waals surface area contributed by atoms with Crippen LogP contribution in [-0.4, -0.2) is 6.54 Å². The van der Waals surface area contributed by atoms with E-state index in [0.717, 1.165) is 11.3 Å². The molecule has 1 unspecified atom stereocenters. The zero-order valence-electron chi connectivity index (χ0n) is 10.8. The molecule has 3 heteroatoms. The Bertz CT molecular complexity index is 479. The molecule has 0 aliphatic rings. The van der Waals surface area contributed by atoms with Crippen LogP contribution < -0.4 is 10.5 Å². The standard InChI is InChI=1S/C15H19NOS/c1-11(2)12-4-3-5-14(8-12)17-15(9-16)13-6-7-18-10-13/h3-8,10-11,15H,9,16H2,1-2H3. The summed E-state index contributed by atoms with van der Waals surface area (Å²) < 4.78 is 5.98. The third-order valence-electron chi connectivity index (χ3n) is 2.93. The van der Waals surface area contributed by atoms with Gasteiger partial charge in [0, 0.05) is 12.1 Å². The minimum atomic E-state index is -0.0568. The predicted octanol–water partition coefficient (Wildman–Crippen LogP) is 3.95. The van der Waals surface area contributed by atoms with Crippen molar-refractivity contribution in [1.29, 1.82) is 0 Å². The van der Waals surface area contributed by atoms with Crippen LogP contribution in [0.4, 0.5) is 0 Å². The van der Waals surface area contributed by atoms with Crippen molar-refractivity contribution in [2.75, 3.05) is 6.54 Å². The summed E-state index contributed by atoms with van der Waals surface area (Å²) in [7, 11) is 0. The second kappa shape index (κ2) is 6.03. The Balaban J connectivity index is 2.15. The smallest absolute Gasteiger partial charge is 0.137 e. The van der Waals surface area contributed by atoms with Crippen LogP contribution in [0.2, 0.25) is 0 Å². The first-order valence-corrected chi connectivity index (χ1v) is 7.13. The summed E-state index contributed by atoms with van der Waals surface area (Å²) in [6, 6.07) is 10.3. The van der Waals surface area contributed by atoms with E-state index in [2.05, 4.69) is 37.4 Å². The fraction of sp³-hybridized carbons (Fsp3) is 0.333. The molecule has 2 nitrogen and oxygen atoms in total. The van der Waals surface area contributed by atoms with Crippen LogP contribution in [0.25, 0.3) is 0 Å². The van der Waals surface area contributed by atoms with Gasteiger partial charge in [-0.1, -0.05) is 26.0 Å². The average molecular weight is 261 g/mol. The number of nitrogens with two attached hydrogens (primary N) is 1. The molecule has 2 aromatic rings. The number of thiophene rings is 1. The van der Waals surface area contributed by atoms with Crippen LogP contribution in [0.3, 0.4) is 0 Å². The average Bonchev–Trinajstić information content (AvgIpc) is 2.90. The largest absolute Gasteiger partial charge is 0.484 e. The van der Waals surface area contributed by atoms with Crippen molar-refractivity contribution in [2.24, 2.45) is 5.73 Å². The van der Waals surface area contributed by atoms with E-state index in [9.17, 15) is 0 Å². The van der Waals surface area contributed by atoms with Crippen LogP contribution in [0.1, 0.15) is 37.0 Å². The molecule has 0 aliphatic carbocycles. The summed E-state index contributed by atoms with van der Waals surface area (Å²) in [4.78, 5) is 0. The zero-order valence-corrected chi connectivity index (χ0v) is 11.6. The summed E-state index contributed by atoms with van der Waals surface area (Å²) in [5.74, 6) is 1.40. The van der Waals surface area contributed by atoms with Crippen molar-refractivity contribution in [2.45, 2.75) is 25.9 Å². The summed E-state index contributed by atoms with van der Waals surface area (Å²) in [6.07, 6.45) is -0.0568. The highest BCUT2D eigenvalue weighted by atomic mass is 32.1. The van der Waals surface area contributed by atoms with Crippen molar-refractivity contribution in [3.8, 4) is 5.75 Å². The van der Waals surface area contributed by atoms with Gasteiger partial charge < -0.3 is 10.5 Å². The van der Waals surface area contributed by atoms with Gasteiger partial charge in [-0.2, -0.15) is 11.3 Å². The SMILES string of the molecule is CC(C)c1cccc(OC(CN)c2ccsc2)c1. The lowest BCUT2D eigenvalue weighted by atomic mass is 10.0. The number of hydrogen-bond acceptors (Lipinski definition) is 3. The van der Waals surface area contributed by atoms with E-state index >= 15 is 0 Å². The van der Waals surface area contributed by atoms with Gasteiger partial charge in [0.1, 0.15) is 11.9 Å².